The summed E-state index contributed by atoms with van der Waals surface area (Å²) in [5, 5.41) is 12.3. The van der Waals surface area contributed by atoms with Crippen molar-refractivity contribution in [3.63, 3.8) is 0 Å². The third-order valence-corrected chi connectivity index (χ3v) is 5.83. The summed E-state index contributed by atoms with van der Waals surface area (Å²) in [6.45, 7) is 9.19. The second-order valence-electron chi connectivity index (χ2n) is 8.12. The van der Waals surface area contributed by atoms with Gasteiger partial charge in [-0.1, -0.05) is 18.2 Å². The Bertz CT molecular complexity index is 1140. The van der Waals surface area contributed by atoms with Crippen molar-refractivity contribution < 1.29 is 19.1 Å². The Morgan fingerprint density at radius 1 is 0.906 bits per heavy atom. The number of carbonyl (C=O) groups excluding carboxylic acids is 1. The molecule has 0 unspecified atom stereocenters. The highest BCUT2D eigenvalue weighted by Crippen LogP contribution is 2.31. The van der Waals surface area contributed by atoms with Gasteiger partial charge in [-0.2, -0.15) is 0 Å². The molecule has 7 heteroatoms. The molecule has 7 nitrogen and oxygen atoms in total. The van der Waals surface area contributed by atoms with E-state index in [0.29, 0.717) is 11.4 Å². The summed E-state index contributed by atoms with van der Waals surface area (Å²) in [5.41, 5.74) is 5.16. The smallest absolute Gasteiger partial charge is 0.335 e. The zero-order valence-electron chi connectivity index (χ0n) is 18.5. The molecule has 1 saturated heterocycles. The molecule has 166 valence electrons. The lowest BCUT2D eigenvalue weighted by Crippen LogP contribution is -2.47. The first-order chi connectivity index (χ1) is 15.3. The number of benzene rings is 2. The van der Waals surface area contributed by atoms with Crippen molar-refractivity contribution in [2.75, 3.05) is 41.3 Å². The average molecular weight is 434 g/mol. The number of para-hydroxylation sites is 1. The summed E-state index contributed by atoms with van der Waals surface area (Å²) in [5.74, 6) is -0.622. The molecule has 3 aromatic rings. The molecule has 0 spiro atoms. The van der Waals surface area contributed by atoms with E-state index >= 15 is 0 Å². The van der Waals surface area contributed by atoms with Crippen molar-refractivity contribution in [3.8, 4) is 0 Å². The van der Waals surface area contributed by atoms with E-state index in [0.717, 1.165) is 31.9 Å². The maximum absolute atomic E-state index is 12.7. The average Bonchev–Trinajstić information content (AvgIpc) is 3.20. The molecule has 4 rings (SSSR count). The molecule has 0 bridgehead atoms. The van der Waals surface area contributed by atoms with Gasteiger partial charge in [0.25, 0.3) is 5.91 Å². The molecule has 0 aliphatic carbocycles. The quantitative estimate of drug-likeness (QED) is 0.617. The maximum Gasteiger partial charge on any atom is 0.335 e. The van der Waals surface area contributed by atoms with Crippen LogP contribution in [0.5, 0.6) is 0 Å². The van der Waals surface area contributed by atoms with E-state index in [4.69, 9.17) is 4.42 Å². The van der Waals surface area contributed by atoms with Gasteiger partial charge >= 0.3 is 5.97 Å². The highest BCUT2D eigenvalue weighted by Gasteiger charge is 2.23. The van der Waals surface area contributed by atoms with Crippen LogP contribution in [0.2, 0.25) is 0 Å². The van der Waals surface area contributed by atoms with E-state index in [1.54, 1.807) is 31.2 Å². The SMILES string of the molecule is Cc1ccc(C(=O)Nc2cc(C(=O)O)ccc2N2CCN(c3c(C)cccc3C)CC2)o1. The largest absolute Gasteiger partial charge is 0.478 e. The Labute approximate surface area is 187 Å². The molecule has 0 saturated carbocycles. The molecule has 1 aromatic heterocycles. The highest BCUT2D eigenvalue weighted by molar-refractivity contribution is 6.05. The van der Waals surface area contributed by atoms with E-state index in [1.807, 2.05) is 0 Å². The summed E-state index contributed by atoms with van der Waals surface area (Å²) >= 11 is 0. The number of hydrogen-bond acceptors (Lipinski definition) is 5. The van der Waals surface area contributed by atoms with Crippen LogP contribution in [0.15, 0.2) is 52.9 Å². The number of hydrogen-bond donors (Lipinski definition) is 2. The molecular formula is C25H27N3O4. The monoisotopic (exact) mass is 433 g/mol. The Morgan fingerprint density at radius 2 is 1.56 bits per heavy atom. The zero-order chi connectivity index (χ0) is 22.8. The molecule has 1 amide bonds. The minimum atomic E-state index is -1.04. The number of aryl methyl sites for hydroxylation is 3. The van der Waals surface area contributed by atoms with E-state index in [1.165, 1.54) is 22.9 Å². The van der Waals surface area contributed by atoms with Gasteiger partial charge in [0.05, 0.1) is 16.9 Å². The number of carboxylic acids is 1. The molecule has 2 heterocycles. The molecular weight excluding hydrogens is 406 g/mol. The molecule has 1 aliphatic heterocycles. The summed E-state index contributed by atoms with van der Waals surface area (Å²) in [6, 6.07) is 14.5. The van der Waals surface area contributed by atoms with Gasteiger partial charge in [-0.3, -0.25) is 4.79 Å². The Kier molecular flexibility index (Phi) is 5.90. The Morgan fingerprint density at radius 3 is 2.16 bits per heavy atom. The summed E-state index contributed by atoms with van der Waals surface area (Å²) in [6.07, 6.45) is 0. The Hall–Kier alpha value is -3.74. The topological polar surface area (TPSA) is 86.0 Å². The van der Waals surface area contributed by atoms with Gasteiger partial charge in [0.2, 0.25) is 0 Å². The van der Waals surface area contributed by atoms with Crippen LogP contribution >= 0.6 is 0 Å². The van der Waals surface area contributed by atoms with Crippen LogP contribution in [0.4, 0.5) is 17.1 Å². The highest BCUT2D eigenvalue weighted by atomic mass is 16.4. The van der Waals surface area contributed by atoms with Crippen LogP contribution in [0, 0.1) is 20.8 Å². The molecule has 0 radical (unpaired) electrons. The van der Waals surface area contributed by atoms with Crippen LogP contribution in [-0.4, -0.2) is 43.2 Å². The fourth-order valence-corrected chi connectivity index (χ4v) is 4.26. The third kappa shape index (κ3) is 4.32. The number of furan rings is 1. The second-order valence-corrected chi connectivity index (χ2v) is 8.12. The van der Waals surface area contributed by atoms with Gasteiger partial charge in [-0.25, -0.2) is 4.79 Å². The number of carbonyl (C=O) groups is 2. The number of rotatable bonds is 5. The minimum Gasteiger partial charge on any atom is -0.478 e. The number of amides is 1. The molecule has 2 aromatic carbocycles. The standard InChI is InChI=1S/C25H27N3O4/c1-16-5-4-6-17(2)23(16)28-13-11-27(12-14-28)21-9-8-19(25(30)31)15-20(21)26-24(29)22-10-7-18(3)32-22/h4-10,15H,11-14H2,1-3H3,(H,26,29)(H,30,31). The van der Waals surface area contributed by atoms with Gasteiger partial charge in [0.1, 0.15) is 5.76 Å². The van der Waals surface area contributed by atoms with Crippen molar-refractivity contribution in [1.29, 1.82) is 0 Å². The number of nitrogens with one attached hydrogen (secondary N) is 1. The third-order valence-electron chi connectivity index (χ3n) is 5.83. The molecule has 32 heavy (non-hydrogen) atoms. The second kappa shape index (κ2) is 8.78. The summed E-state index contributed by atoms with van der Waals surface area (Å²) < 4.78 is 5.42. The minimum absolute atomic E-state index is 0.119. The fraction of sp³-hybridized carbons (Fsp3) is 0.280. The molecule has 2 N–H and O–H groups in total. The lowest BCUT2D eigenvalue weighted by molar-refractivity contribution is 0.0696. The Balaban J connectivity index is 1.57. The van der Waals surface area contributed by atoms with E-state index in [9.17, 15) is 14.7 Å². The first-order valence-electron chi connectivity index (χ1n) is 10.6. The number of piperazine rings is 1. The van der Waals surface area contributed by atoms with Crippen LogP contribution in [-0.2, 0) is 0 Å². The normalized spacial score (nSPS) is 13.8. The molecule has 1 aliphatic rings. The number of carboxylic acid groups (broad SMARTS) is 1. The number of anilines is 3. The van der Waals surface area contributed by atoms with Gasteiger partial charge < -0.3 is 24.6 Å². The predicted octanol–water partition coefficient (Wildman–Crippen LogP) is 4.48. The van der Waals surface area contributed by atoms with Crippen molar-refractivity contribution in [1.82, 2.24) is 0 Å². The summed E-state index contributed by atoms with van der Waals surface area (Å²) in [4.78, 5) is 28.8. The van der Waals surface area contributed by atoms with Crippen molar-refractivity contribution >= 4 is 28.9 Å². The van der Waals surface area contributed by atoms with Crippen molar-refractivity contribution in [2.45, 2.75) is 20.8 Å². The first-order valence-corrected chi connectivity index (χ1v) is 10.6. The first kappa shape index (κ1) is 21.5. The molecule has 1 fully saturated rings. The fourth-order valence-electron chi connectivity index (χ4n) is 4.26. The summed E-state index contributed by atoms with van der Waals surface area (Å²) in [7, 11) is 0. The number of aromatic carboxylic acids is 1. The zero-order valence-corrected chi connectivity index (χ0v) is 18.5. The van der Waals surface area contributed by atoms with Crippen LogP contribution in [0.1, 0.15) is 37.8 Å². The van der Waals surface area contributed by atoms with E-state index < -0.39 is 11.9 Å². The van der Waals surface area contributed by atoms with Crippen molar-refractivity contribution in [3.05, 3.63) is 76.7 Å². The van der Waals surface area contributed by atoms with Crippen LogP contribution in [0.3, 0.4) is 0 Å². The lowest BCUT2D eigenvalue weighted by Gasteiger charge is -2.39. The number of nitrogens with zero attached hydrogens (tertiary/aromatic N) is 2. The van der Waals surface area contributed by atoms with Gasteiger partial charge in [0, 0.05) is 31.9 Å². The van der Waals surface area contributed by atoms with Crippen molar-refractivity contribution in [2.24, 2.45) is 0 Å². The predicted molar refractivity (Wildman–Crippen MR) is 125 cm³/mol. The van der Waals surface area contributed by atoms with E-state index in [2.05, 4.69) is 47.2 Å². The molecule has 0 atom stereocenters. The van der Waals surface area contributed by atoms with Gasteiger partial charge in [-0.05, 0) is 62.2 Å². The van der Waals surface area contributed by atoms with E-state index in [-0.39, 0.29) is 11.3 Å². The van der Waals surface area contributed by atoms with Gasteiger partial charge in [0.15, 0.2) is 5.76 Å². The lowest BCUT2D eigenvalue weighted by atomic mass is 10.1. The van der Waals surface area contributed by atoms with Gasteiger partial charge in [-0.15, -0.1) is 0 Å². The maximum atomic E-state index is 12.7. The van der Waals surface area contributed by atoms with Crippen LogP contribution in [0.25, 0.3) is 0 Å². The van der Waals surface area contributed by atoms with Crippen LogP contribution < -0.4 is 15.1 Å².